The van der Waals surface area contributed by atoms with E-state index >= 15 is 0 Å². The molecule has 0 bridgehead atoms. The zero-order valence-electron chi connectivity index (χ0n) is 18.1. The summed E-state index contributed by atoms with van der Waals surface area (Å²) in [6.07, 6.45) is 19.4. The van der Waals surface area contributed by atoms with Gasteiger partial charge < -0.3 is 9.66 Å². The second kappa shape index (κ2) is 22.2. The van der Waals surface area contributed by atoms with Gasteiger partial charge in [-0.15, -0.1) is 0 Å². The average molecular weight is 431 g/mol. The summed E-state index contributed by atoms with van der Waals surface area (Å²) in [5, 5.41) is 8.05. The first-order chi connectivity index (χ1) is 12.5. The van der Waals surface area contributed by atoms with E-state index in [-0.39, 0.29) is 51.4 Å². The van der Waals surface area contributed by atoms with Crippen molar-refractivity contribution in [2.45, 2.75) is 128 Å². The molecule has 27 heavy (non-hydrogen) atoms. The smallest absolute Gasteiger partial charge is 0.748 e. The number of rotatable bonds is 20. The zero-order chi connectivity index (χ0) is 19.5. The Bertz CT molecular complexity index is 388. The molecule has 0 aliphatic heterocycles. The van der Waals surface area contributed by atoms with E-state index in [1.54, 1.807) is 0 Å². The second-order valence-corrected chi connectivity index (χ2v) is 9.37. The van der Waals surface area contributed by atoms with Crippen LogP contribution in [0.1, 0.15) is 122 Å². The van der Waals surface area contributed by atoms with Crippen molar-refractivity contribution in [1.29, 1.82) is 0 Å². The van der Waals surface area contributed by atoms with Crippen LogP contribution in [0.2, 0.25) is 0 Å². The molecule has 0 amide bonds. The van der Waals surface area contributed by atoms with Gasteiger partial charge in [0, 0.05) is 11.9 Å². The summed E-state index contributed by atoms with van der Waals surface area (Å²) in [6.45, 7) is 2.41. The topological polar surface area (TPSA) is 77.4 Å². The first-order valence-electron chi connectivity index (χ1n) is 11.1. The van der Waals surface area contributed by atoms with Gasteiger partial charge in [0.2, 0.25) is 0 Å². The number of unbranched alkanes of at least 4 members (excludes halogenated alkanes) is 14. The van der Waals surface area contributed by atoms with Gasteiger partial charge in [-0.2, -0.15) is 0 Å². The SMILES string of the molecule is CCCCCC(CCCCCCCCCCCCCCCO)S(=O)(=O)[O-].[K+]. The van der Waals surface area contributed by atoms with Crippen molar-refractivity contribution in [2.75, 3.05) is 6.61 Å². The Hall–Kier alpha value is 1.51. The van der Waals surface area contributed by atoms with Crippen LogP contribution < -0.4 is 51.4 Å². The molecule has 1 N–H and O–H groups in total. The summed E-state index contributed by atoms with van der Waals surface area (Å²) >= 11 is 0. The third kappa shape index (κ3) is 22.0. The molecule has 6 heteroatoms. The summed E-state index contributed by atoms with van der Waals surface area (Å²) in [4.78, 5) is 0. The van der Waals surface area contributed by atoms with Crippen molar-refractivity contribution < 1.29 is 69.5 Å². The summed E-state index contributed by atoms with van der Waals surface area (Å²) < 4.78 is 34.0. The van der Waals surface area contributed by atoms with Crippen molar-refractivity contribution in [1.82, 2.24) is 0 Å². The minimum absolute atomic E-state index is 0. The molecule has 0 radical (unpaired) electrons. The predicted molar refractivity (Wildman–Crippen MR) is 109 cm³/mol. The predicted octanol–water partition coefficient (Wildman–Crippen LogP) is 2.94. The normalized spacial score (nSPS) is 12.7. The number of hydrogen-bond acceptors (Lipinski definition) is 4. The molecular weight excluding hydrogens is 387 g/mol. The van der Waals surface area contributed by atoms with Gasteiger partial charge in [-0.3, -0.25) is 0 Å². The molecule has 0 aromatic carbocycles. The number of aliphatic hydroxyl groups is 1. The molecule has 0 spiro atoms. The van der Waals surface area contributed by atoms with E-state index in [9.17, 15) is 13.0 Å². The van der Waals surface area contributed by atoms with Gasteiger partial charge in [0.05, 0.1) is 10.1 Å². The molecule has 158 valence electrons. The van der Waals surface area contributed by atoms with E-state index in [4.69, 9.17) is 5.11 Å². The fraction of sp³-hybridized carbons (Fsp3) is 1.00. The van der Waals surface area contributed by atoms with Crippen LogP contribution in [0.5, 0.6) is 0 Å². The Kier molecular flexibility index (Phi) is 25.2. The Morgan fingerprint density at radius 3 is 1.33 bits per heavy atom. The van der Waals surface area contributed by atoms with Crippen molar-refractivity contribution in [3.63, 3.8) is 0 Å². The monoisotopic (exact) mass is 430 g/mol. The van der Waals surface area contributed by atoms with Gasteiger partial charge in [-0.05, 0) is 19.3 Å². The van der Waals surface area contributed by atoms with Crippen LogP contribution in [0, 0.1) is 0 Å². The molecule has 0 saturated carbocycles. The fourth-order valence-electron chi connectivity index (χ4n) is 3.48. The van der Waals surface area contributed by atoms with Crippen LogP contribution in [0.3, 0.4) is 0 Å². The molecular formula is C21H43KO4S. The van der Waals surface area contributed by atoms with Crippen LogP contribution in [0.25, 0.3) is 0 Å². The van der Waals surface area contributed by atoms with Crippen LogP contribution in [0.15, 0.2) is 0 Å². The van der Waals surface area contributed by atoms with Gasteiger partial charge in [-0.1, -0.05) is 103 Å². The molecule has 4 nitrogen and oxygen atoms in total. The Morgan fingerprint density at radius 1 is 0.667 bits per heavy atom. The van der Waals surface area contributed by atoms with Crippen molar-refractivity contribution >= 4 is 10.1 Å². The third-order valence-corrected chi connectivity index (χ3v) is 6.51. The molecule has 0 rings (SSSR count). The summed E-state index contributed by atoms with van der Waals surface area (Å²) in [7, 11) is -4.13. The average Bonchev–Trinajstić information content (AvgIpc) is 2.59. The molecule has 0 fully saturated rings. The van der Waals surface area contributed by atoms with Crippen molar-refractivity contribution in [3.8, 4) is 0 Å². The van der Waals surface area contributed by atoms with E-state index in [0.29, 0.717) is 19.4 Å². The maximum Gasteiger partial charge on any atom is 1.00 e. The van der Waals surface area contributed by atoms with E-state index < -0.39 is 15.4 Å². The van der Waals surface area contributed by atoms with Gasteiger partial charge in [-0.25, -0.2) is 8.42 Å². The molecule has 0 aliphatic rings. The van der Waals surface area contributed by atoms with Gasteiger partial charge >= 0.3 is 51.4 Å². The van der Waals surface area contributed by atoms with Gasteiger partial charge in [0.25, 0.3) is 0 Å². The first-order valence-corrected chi connectivity index (χ1v) is 12.5. The Labute approximate surface area is 211 Å². The van der Waals surface area contributed by atoms with Crippen molar-refractivity contribution in [2.24, 2.45) is 0 Å². The minimum Gasteiger partial charge on any atom is -0.748 e. The summed E-state index contributed by atoms with van der Waals surface area (Å²) in [5.74, 6) is 0. The standard InChI is InChI=1S/C21H44O4S.K/c1-2-3-15-18-21(26(23,24)25)19-16-13-11-9-7-5-4-6-8-10-12-14-17-20-22;/h21-22H,2-20H2,1H3,(H,23,24,25);/q;+1/p-1. The molecule has 0 aromatic heterocycles. The van der Waals surface area contributed by atoms with Gasteiger partial charge in [0.15, 0.2) is 0 Å². The van der Waals surface area contributed by atoms with E-state index in [1.807, 2.05) is 0 Å². The summed E-state index contributed by atoms with van der Waals surface area (Å²) in [6, 6.07) is 0. The minimum atomic E-state index is -4.13. The van der Waals surface area contributed by atoms with E-state index in [0.717, 1.165) is 51.4 Å². The number of aliphatic hydroxyl groups excluding tert-OH is 1. The van der Waals surface area contributed by atoms with Gasteiger partial charge in [0.1, 0.15) is 0 Å². The molecule has 1 atom stereocenters. The van der Waals surface area contributed by atoms with Crippen LogP contribution in [-0.4, -0.2) is 29.9 Å². The van der Waals surface area contributed by atoms with Crippen LogP contribution in [0.4, 0.5) is 0 Å². The molecule has 0 heterocycles. The molecule has 0 aromatic rings. The fourth-order valence-corrected chi connectivity index (χ4v) is 4.39. The van der Waals surface area contributed by atoms with Crippen LogP contribution >= 0.6 is 0 Å². The van der Waals surface area contributed by atoms with Crippen LogP contribution in [-0.2, 0) is 10.1 Å². The second-order valence-electron chi connectivity index (χ2n) is 7.72. The quantitative estimate of drug-likeness (QED) is 0.183. The Morgan fingerprint density at radius 2 is 1.00 bits per heavy atom. The number of hydrogen-bond donors (Lipinski definition) is 1. The molecule has 0 saturated heterocycles. The molecule has 0 aliphatic carbocycles. The summed E-state index contributed by atoms with van der Waals surface area (Å²) in [5.41, 5.74) is 0. The van der Waals surface area contributed by atoms with E-state index in [1.165, 1.54) is 51.4 Å². The maximum absolute atomic E-state index is 11.3. The molecule has 1 unspecified atom stereocenters. The largest absolute Gasteiger partial charge is 1.00 e. The van der Waals surface area contributed by atoms with E-state index in [2.05, 4.69) is 6.92 Å². The third-order valence-electron chi connectivity index (χ3n) is 5.22. The maximum atomic E-state index is 11.3. The van der Waals surface area contributed by atoms with Crippen molar-refractivity contribution in [3.05, 3.63) is 0 Å². The Balaban J connectivity index is 0. The zero-order valence-corrected chi connectivity index (χ0v) is 22.0. The first kappa shape index (κ1) is 30.7.